The zero-order valence-corrected chi connectivity index (χ0v) is 25.6. The molecule has 3 N–H and O–H groups in total. The van der Waals surface area contributed by atoms with Crippen LogP contribution < -0.4 is 15.4 Å². The average molecular weight is 589 g/mol. The van der Waals surface area contributed by atoms with E-state index < -0.39 is 0 Å². The number of aromatic amines is 1. The van der Waals surface area contributed by atoms with Crippen LogP contribution in [-0.4, -0.2) is 33.3 Å². The van der Waals surface area contributed by atoms with Crippen molar-refractivity contribution < 1.29 is 9.53 Å². The summed E-state index contributed by atoms with van der Waals surface area (Å²) in [5.74, 6) is 1.46. The van der Waals surface area contributed by atoms with Gasteiger partial charge in [0.15, 0.2) is 0 Å². The van der Waals surface area contributed by atoms with Crippen LogP contribution in [0.1, 0.15) is 62.1 Å². The van der Waals surface area contributed by atoms with Gasteiger partial charge in [-0.2, -0.15) is 5.21 Å². The van der Waals surface area contributed by atoms with Crippen molar-refractivity contribution >= 4 is 17.4 Å². The quantitative estimate of drug-likeness (QED) is 0.127. The fourth-order valence-corrected chi connectivity index (χ4v) is 5.47. The van der Waals surface area contributed by atoms with E-state index in [9.17, 15) is 4.79 Å². The van der Waals surface area contributed by atoms with E-state index >= 15 is 0 Å². The number of urea groups is 1. The molecule has 1 unspecified atom stereocenters. The first kappa shape index (κ1) is 30.5. The Morgan fingerprint density at radius 1 is 0.909 bits per heavy atom. The molecule has 0 bridgehead atoms. The molecule has 8 heteroatoms. The topological polar surface area (TPSA) is 105 Å². The molecule has 226 valence electrons. The summed E-state index contributed by atoms with van der Waals surface area (Å²) in [6, 6.07) is 30.2. The fraction of sp³-hybridized carbons (Fsp3) is 0.278. The number of ether oxygens (including phenoxy) is 1. The number of hydrogen-bond donors (Lipinski definition) is 3. The van der Waals surface area contributed by atoms with E-state index in [0.717, 1.165) is 71.4 Å². The predicted octanol–water partition coefficient (Wildman–Crippen LogP) is 8.79. The van der Waals surface area contributed by atoms with Gasteiger partial charge in [-0.05, 0) is 96.7 Å². The zero-order chi connectivity index (χ0) is 30.7. The summed E-state index contributed by atoms with van der Waals surface area (Å²) >= 11 is 0. The van der Waals surface area contributed by atoms with Crippen molar-refractivity contribution in [2.24, 2.45) is 0 Å². The van der Waals surface area contributed by atoms with Crippen LogP contribution in [-0.2, 0) is 6.42 Å². The standard InChI is InChI=1S/C36H40N6O2/c1-4-22-44-34-32(27(5-2)15-11-14-26-12-7-6-8-13-26)23-28(30-16-9-10-17-31(30)35-39-41-42-40-35)24-33(34)38-36(43)37-29-20-18-25(3)19-21-29/h6-10,12-13,16-21,23-24,27H,4-5,11,14-15,22H2,1-3H3,(H2,37,38,43)(H,39,40,41,42). The van der Waals surface area contributed by atoms with Crippen LogP contribution in [0.25, 0.3) is 22.5 Å². The molecule has 0 radical (unpaired) electrons. The lowest BCUT2D eigenvalue weighted by atomic mass is 9.86. The summed E-state index contributed by atoms with van der Waals surface area (Å²) in [5.41, 5.74) is 7.62. The predicted molar refractivity (Wildman–Crippen MR) is 177 cm³/mol. The number of hydrogen-bond acceptors (Lipinski definition) is 5. The second-order valence-electron chi connectivity index (χ2n) is 11.0. The van der Waals surface area contributed by atoms with Gasteiger partial charge in [-0.25, -0.2) is 4.79 Å². The van der Waals surface area contributed by atoms with Crippen molar-refractivity contribution in [1.82, 2.24) is 20.6 Å². The van der Waals surface area contributed by atoms with E-state index in [2.05, 4.69) is 81.5 Å². The van der Waals surface area contributed by atoms with Gasteiger partial charge in [0, 0.05) is 11.3 Å². The molecular formula is C36H40N6O2. The highest BCUT2D eigenvalue weighted by molar-refractivity contribution is 6.01. The third-order valence-corrected chi connectivity index (χ3v) is 7.74. The molecule has 0 aliphatic heterocycles. The van der Waals surface area contributed by atoms with Gasteiger partial charge < -0.3 is 15.4 Å². The summed E-state index contributed by atoms with van der Waals surface area (Å²) in [6.45, 7) is 6.86. The number of nitrogens with zero attached hydrogens (tertiary/aromatic N) is 3. The summed E-state index contributed by atoms with van der Waals surface area (Å²) < 4.78 is 6.44. The zero-order valence-electron chi connectivity index (χ0n) is 25.6. The van der Waals surface area contributed by atoms with Crippen molar-refractivity contribution in [3.8, 4) is 28.3 Å². The molecule has 2 amide bonds. The SMILES string of the molecule is CCCOc1c(NC(=O)Nc2ccc(C)cc2)cc(-c2ccccc2-c2nn[nH]n2)cc1C(CC)CCCc1ccccc1. The van der Waals surface area contributed by atoms with E-state index in [-0.39, 0.29) is 11.9 Å². The molecular weight excluding hydrogens is 548 g/mol. The lowest BCUT2D eigenvalue weighted by molar-refractivity contribution is 0.261. The van der Waals surface area contributed by atoms with Crippen molar-refractivity contribution in [3.05, 3.63) is 108 Å². The summed E-state index contributed by atoms with van der Waals surface area (Å²) in [7, 11) is 0. The van der Waals surface area contributed by atoms with Crippen LogP contribution >= 0.6 is 0 Å². The highest BCUT2D eigenvalue weighted by Gasteiger charge is 2.23. The molecule has 4 aromatic carbocycles. The maximum Gasteiger partial charge on any atom is 0.323 e. The highest BCUT2D eigenvalue weighted by atomic mass is 16.5. The first-order valence-corrected chi connectivity index (χ1v) is 15.4. The van der Waals surface area contributed by atoms with Crippen LogP contribution in [0.5, 0.6) is 5.75 Å². The molecule has 44 heavy (non-hydrogen) atoms. The van der Waals surface area contributed by atoms with E-state index in [1.165, 1.54) is 5.56 Å². The number of amides is 2. The lowest BCUT2D eigenvalue weighted by Crippen LogP contribution is -2.20. The molecule has 8 nitrogen and oxygen atoms in total. The molecule has 1 aromatic heterocycles. The van der Waals surface area contributed by atoms with E-state index in [1.807, 2.05) is 61.5 Å². The fourth-order valence-electron chi connectivity index (χ4n) is 5.47. The van der Waals surface area contributed by atoms with Gasteiger partial charge in [-0.15, -0.1) is 10.2 Å². The molecule has 1 atom stereocenters. The number of aryl methyl sites for hydroxylation is 2. The van der Waals surface area contributed by atoms with Gasteiger partial charge in [0.2, 0.25) is 5.82 Å². The monoisotopic (exact) mass is 588 g/mol. The number of nitrogens with one attached hydrogen (secondary N) is 3. The molecule has 1 heterocycles. The number of rotatable bonds is 13. The molecule has 0 aliphatic carbocycles. The first-order valence-electron chi connectivity index (χ1n) is 15.4. The number of H-pyrrole nitrogens is 1. The second kappa shape index (κ2) is 15.0. The molecule has 0 saturated heterocycles. The van der Waals surface area contributed by atoms with Gasteiger partial charge in [-0.3, -0.25) is 0 Å². The summed E-state index contributed by atoms with van der Waals surface area (Å²) in [5, 5.41) is 20.9. The Hall–Kier alpha value is -4.98. The number of tetrazole rings is 1. The Bertz CT molecular complexity index is 1640. The molecule has 0 fully saturated rings. The Morgan fingerprint density at radius 2 is 1.66 bits per heavy atom. The Morgan fingerprint density at radius 3 is 2.36 bits per heavy atom. The highest BCUT2D eigenvalue weighted by Crippen LogP contribution is 2.43. The minimum Gasteiger partial charge on any atom is -0.491 e. The largest absolute Gasteiger partial charge is 0.491 e. The van der Waals surface area contributed by atoms with Crippen molar-refractivity contribution in [3.63, 3.8) is 0 Å². The number of aromatic nitrogens is 4. The van der Waals surface area contributed by atoms with Crippen LogP contribution in [0.15, 0.2) is 91.0 Å². The summed E-state index contributed by atoms with van der Waals surface area (Å²) in [6.07, 6.45) is 4.81. The Kier molecular flexibility index (Phi) is 10.4. The van der Waals surface area contributed by atoms with E-state index in [1.54, 1.807) is 0 Å². The van der Waals surface area contributed by atoms with E-state index in [0.29, 0.717) is 18.1 Å². The maximum atomic E-state index is 13.4. The lowest BCUT2D eigenvalue weighted by Gasteiger charge is -2.24. The Balaban J connectivity index is 1.55. The third kappa shape index (κ3) is 7.69. The molecule has 0 aliphatic rings. The third-order valence-electron chi connectivity index (χ3n) is 7.74. The van der Waals surface area contributed by atoms with Crippen LogP contribution in [0.2, 0.25) is 0 Å². The minimum absolute atomic E-state index is 0.226. The number of carbonyl (C=O) groups excluding carboxylic acids is 1. The first-order chi connectivity index (χ1) is 21.6. The molecule has 5 aromatic rings. The van der Waals surface area contributed by atoms with Gasteiger partial charge >= 0.3 is 6.03 Å². The van der Waals surface area contributed by atoms with Gasteiger partial charge in [-0.1, -0.05) is 86.1 Å². The maximum absolute atomic E-state index is 13.4. The summed E-state index contributed by atoms with van der Waals surface area (Å²) in [4.78, 5) is 13.4. The smallest absolute Gasteiger partial charge is 0.323 e. The second-order valence-corrected chi connectivity index (χ2v) is 11.0. The van der Waals surface area contributed by atoms with Crippen molar-refractivity contribution in [2.45, 2.75) is 58.8 Å². The normalized spacial score (nSPS) is 11.6. The molecule has 0 saturated carbocycles. The van der Waals surface area contributed by atoms with E-state index in [4.69, 9.17) is 4.74 Å². The Labute approximate surface area is 259 Å². The van der Waals surface area contributed by atoms with Crippen LogP contribution in [0.3, 0.4) is 0 Å². The van der Waals surface area contributed by atoms with Gasteiger partial charge in [0.1, 0.15) is 5.75 Å². The van der Waals surface area contributed by atoms with Gasteiger partial charge in [0.05, 0.1) is 12.3 Å². The molecule has 5 rings (SSSR count). The molecule has 0 spiro atoms. The van der Waals surface area contributed by atoms with Gasteiger partial charge in [0.25, 0.3) is 0 Å². The van der Waals surface area contributed by atoms with Crippen molar-refractivity contribution in [1.29, 1.82) is 0 Å². The number of anilines is 2. The van der Waals surface area contributed by atoms with Crippen LogP contribution in [0.4, 0.5) is 16.2 Å². The number of benzene rings is 4. The van der Waals surface area contributed by atoms with Crippen LogP contribution in [0, 0.1) is 6.92 Å². The van der Waals surface area contributed by atoms with Crippen molar-refractivity contribution in [2.75, 3.05) is 17.2 Å². The average Bonchev–Trinajstić information content (AvgIpc) is 3.59. The number of carbonyl (C=O) groups is 1. The minimum atomic E-state index is -0.332.